The average Bonchev–Trinajstić information content (AvgIpc) is 2.20. The van der Waals surface area contributed by atoms with Crippen LogP contribution in [0.4, 0.5) is 17.6 Å². The van der Waals surface area contributed by atoms with E-state index in [0.717, 1.165) is 6.07 Å². The summed E-state index contributed by atoms with van der Waals surface area (Å²) in [6.45, 7) is 1.36. The van der Waals surface area contributed by atoms with Crippen LogP contribution in [0.3, 0.4) is 0 Å². The second kappa shape index (κ2) is 4.80. The van der Waals surface area contributed by atoms with Crippen LogP contribution >= 0.6 is 0 Å². The third-order valence-corrected chi connectivity index (χ3v) is 2.15. The Labute approximate surface area is 89.7 Å². The van der Waals surface area contributed by atoms with E-state index in [4.69, 9.17) is 5.73 Å². The predicted molar refractivity (Wildman–Crippen MR) is 49.9 cm³/mol. The maximum absolute atomic E-state index is 13.2. The van der Waals surface area contributed by atoms with Crippen molar-refractivity contribution in [2.45, 2.75) is 25.5 Å². The van der Waals surface area contributed by atoms with Crippen molar-refractivity contribution in [3.63, 3.8) is 0 Å². The minimum Gasteiger partial charge on any atom is -0.387 e. The maximum Gasteiger partial charge on any atom is 0.263 e. The molecule has 2 nitrogen and oxygen atoms in total. The maximum atomic E-state index is 13.2. The van der Waals surface area contributed by atoms with Crippen LogP contribution in [0.5, 0.6) is 0 Å². The lowest BCUT2D eigenvalue weighted by Crippen LogP contribution is -2.25. The van der Waals surface area contributed by atoms with Gasteiger partial charge in [0.05, 0.1) is 6.10 Å². The average molecular weight is 237 g/mol. The highest BCUT2D eigenvalue weighted by atomic mass is 19.3. The summed E-state index contributed by atoms with van der Waals surface area (Å²) in [5, 5.41) is 9.43. The molecular weight excluding hydrogens is 226 g/mol. The van der Waals surface area contributed by atoms with Gasteiger partial charge in [0.2, 0.25) is 0 Å². The first-order valence-electron chi connectivity index (χ1n) is 4.55. The fraction of sp³-hybridized carbons (Fsp3) is 0.400. The van der Waals surface area contributed by atoms with Gasteiger partial charge in [0.1, 0.15) is 0 Å². The lowest BCUT2D eigenvalue weighted by molar-refractivity contribution is 0.141. The Balaban J connectivity index is 3.26. The molecule has 0 heterocycles. The van der Waals surface area contributed by atoms with E-state index in [-0.39, 0.29) is 0 Å². The molecule has 16 heavy (non-hydrogen) atoms. The first kappa shape index (κ1) is 12.9. The van der Waals surface area contributed by atoms with Crippen molar-refractivity contribution in [2.24, 2.45) is 5.73 Å². The molecule has 1 aromatic rings. The van der Waals surface area contributed by atoms with E-state index in [1.165, 1.54) is 6.92 Å². The number of hydrogen-bond acceptors (Lipinski definition) is 2. The van der Waals surface area contributed by atoms with Crippen molar-refractivity contribution in [1.82, 2.24) is 0 Å². The highest BCUT2D eigenvalue weighted by Gasteiger charge is 2.22. The summed E-state index contributed by atoms with van der Waals surface area (Å²) in [4.78, 5) is 0. The molecule has 0 aliphatic carbocycles. The number of rotatable bonds is 3. The van der Waals surface area contributed by atoms with E-state index in [1.807, 2.05) is 0 Å². The largest absolute Gasteiger partial charge is 0.387 e. The second-order valence-electron chi connectivity index (χ2n) is 3.51. The molecule has 0 spiro atoms. The molecule has 0 saturated carbocycles. The van der Waals surface area contributed by atoms with Crippen molar-refractivity contribution in [2.75, 3.05) is 0 Å². The molecule has 0 saturated heterocycles. The first-order chi connectivity index (χ1) is 7.34. The number of benzene rings is 1. The molecule has 2 atom stereocenters. The zero-order chi connectivity index (χ0) is 12.5. The molecule has 0 aromatic heterocycles. The van der Waals surface area contributed by atoms with Gasteiger partial charge < -0.3 is 10.8 Å². The van der Waals surface area contributed by atoms with Gasteiger partial charge in [0, 0.05) is 17.2 Å². The summed E-state index contributed by atoms with van der Waals surface area (Å²) in [6, 6.07) is 0.232. The molecule has 0 amide bonds. The normalized spacial score (nSPS) is 15.2. The van der Waals surface area contributed by atoms with E-state index in [9.17, 15) is 22.7 Å². The molecule has 1 aromatic carbocycles. The minimum atomic E-state index is -2.94. The Hall–Kier alpha value is -1.14. The lowest BCUT2D eigenvalue weighted by atomic mass is 10.0. The Morgan fingerprint density at radius 2 is 1.81 bits per heavy atom. The van der Waals surface area contributed by atoms with Crippen molar-refractivity contribution in [3.05, 3.63) is 34.9 Å². The SMILES string of the molecule is CC(N)C(O)c1cc(C(F)F)cc(F)c1F. The topological polar surface area (TPSA) is 46.2 Å². The molecule has 0 bridgehead atoms. The van der Waals surface area contributed by atoms with Crippen LogP contribution in [0, 0.1) is 11.6 Å². The van der Waals surface area contributed by atoms with E-state index in [1.54, 1.807) is 0 Å². The van der Waals surface area contributed by atoms with Crippen molar-refractivity contribution in [1.29, 1.82) is 0 Å². The van der Waals surface area contributed by atoms with Crippen LogP contribution in [-0.2, 0) is 0 Å². The van der Waals surface area contributed by atoms with E-state index >= 15 is 0 Å². The highest BCUT2D eigenvalue weighted by molar-refractivity contribution is 5.29. The van der Waals surface area contributed by atoms with Crippen molar-refractivity contribution in [3.8, 4) is 0 Å². The molecule has 6 heteroatoms. The quantitative estimate of drug-likeness (QED) is 0.792. The van der Waals surface area contributed by atoms with Gasteiger partial charge in [-0.3, -0.25) is 0 Å². The molecule has 1 rings (SSSR count). The fourth-order valence-corrected chi connectivity index (χ4v) is 1.26. The fourth-order valence-electron chi connectivity index (χ4n) is 1.26. The third-order valence-electron chi connectivity index (χ3n) is 2.15. The van der Waals surface area contributed by atoms with Gasteiger partial charge in [0.15, 0.2) is 11.6 Å². The standard InChI is InChI=1S/C10H11F4NO/c1-4(15)9(16)6-2-5(10(13)14)3-7(11)8(6)12/h2-4,9-10,16H,15H2,1H3. The number of hydrogen-bond donors (Lipinski definition) is 2. The summed E-state index contributed by atoms with van der Waals surface area (Å²) in [5.74, 6) is -2.78. The summed E-state index contributed by atoms with van der Waals surface area (Å²) in [7, 11) is 0. The van der Waals surface area contributed by atoms with Crippen LogP contribution < -0.4 is 5.73 Å². The van der Waals surface area contributed by atoms with E-state index < -0.39 is 41.3 Å². The number of nitrogens with two attached hydrogens (primary N) is 1. The van der Waals surface area contributed by atoms with Gasteiger partial charge in [-0.15, -0.1) is 0 Å². The Bertz CT molecular complexity index is 381. The Morgan fingerprint density at radius 1 is 1.25 bits per heavy atom. The van der Waals surface area contributed by atoms with Crippen LogP contribution in [-0.4, -0.2) is 11.1 Å². The zero-order valence-electron chi connectivity index (χ0n) is 8.42. The molecule has 0 fully saturated rings. The Morgan fingerprint density at radius 3 is 2.25 bits per heavy atom. The molecule has 0 aliphatic rings. The first-order valence-corrected chi connectivity index (χ1v) is 4.55. The molecular formula is C10H11F4NO. The summed E-state index contributed by atoms with van der Waals surface area (Å²) in [6.07, 6.45) is -4.46. The Kier molecular flexibility index (Phi) is 3.88. The molecule has 0 radical (unpaired) electrons. The molecule has 3 N–H and O–H groups in total. The summed E-state index contributed by atoms with van der Waals surface area (Å²) < 4.78 is 50.8. The van der Waals surface area contributed by atoms with Crippen molar-refractivity contribution >= 4 is 0 Å². The van der Waals surface area contributed by atoms with E-state index in [0.29, 0.717) is 6.07 Å². The number of aliphatic hydroxyl groups excluding tert-OH is 1. The molecule has 2 unspecified atom stereocenters. The lowest BCUT2D eigenvalue weighted by Gasteiger charge is -2.17. The van der Waals surface area contributed by atoms with Gasteiger partial charge in [-0.25, -0.2) is 17.6 Å². The number of alkyl halides is 2. The zero-order valence-corrected chi connectivity index (χ0v) is 8.42. The predicted octanol–water partition coefficient (Wildman–Crippen LogP) is 2.28. The van der Waals surface area contributed by atoms with Crippen LogP contribution in [0.25, 0.3) is 0 Å². The van der Waals surface area contributed by atoms with Gasteiger partial charge in [-0.2, -0.15) is 0 Å². The number of halogens is 4. The van der Waals surface area contributed by atoms with Gasteiger partial charge >= 0.3 is 0 Å². The van der Waals surface area contributed by atoms with Gasteiger partial charge in [-0.05, 0) is 19.1 Å². The minimum absolute atomic E-state index is 0.400. The van der Waals surface area contributed by atoms with E-state index in [2.05, 4.69) is 0 Å². The molecule has 0 aliphatic heterocycles. The highest BCUT2D eigenvalue weighted by Crippen LogP contribution is 2.27. The van der Waals surface area contributed by atoms with Gasteiger partial charge in [0.25, 0.3) is 6.43 Å². The summed E-state index contributed by atoms with van der Waals surface area (Å²) in [5.41, 5.74) is 4.05. The van der Waals surface area contributed by atoms with Crippen LogP contribution in [0.1, 0.15) is 30.6 Å². The second-order valence-corrected chi connectivity index (χ2v) is 3.51. The monoisotopic (exact) mass is 237 g/mol. The van der Waals surface area contributed by atoms with Gasteiger partial charge in [-0.1, -0.05) is 0 Å². The molecule has 90 valence electrons. The van der Waals surface area contributed by atoms with Crippen LogP contribution in [0.15, 0.2) is 12.1 Å². The summed E-state index contributed by atoms with van der Waals surface area (Å²) >= 11 is 0. The number of aliphatic hydroxyl groups is 1. The van der Waals surface area contributed by atoms with Crippen LogP contribution in [0.2, 0.25) is 0 Å². The van der Waals surface area contributed by atoms with Crippen molar-refractivity contribution < 1.29 is 22.7 Å². The smallest absolute Gasteiger partial charge is 0.263 e. The third kappa shape index (κ3) is 2.51.